The first-order valence-electron chi connectivity index (χ1n) is 5.34. The topological polar surface area (TPSA) is 73.3 Å². The van der Waals surface area contributed by atoms with Gasteiger partial charge in [-0.3, -0.25) is 0 Å². The summed E-state index contributed by atoms with van der Waals surface area (Å²) in [5.74, 6) is 1.92. The third-order valence-electron chi connectivity index (χ3n) is 3.32. The van der Waals surface area contributed by atoms with Gasteiger partial charge in [0.05, 0.1) is 6.61 Å². The molecule has 14 heavy (non-hydrogen) atoms. The first-order valence-corrected chi connectivity index (χ1v) is 5.34. The van der Waals surface area contributed by atoms with E-state index in [0.29, 0.717) is 30.3 Å². The number of hydrogen-bond donors (Lipinski definition) is 3. The Bertz CT molecular complexity index is 161. The molecule has 4 nitrogen and oxygen atoms in total. The van der Waals surface area contributed by atoms with Crippen LogP contribution in [0.2, 0.25) is 0 Å². The fourth-order valence-corrected chi connectivity index (χ4v) is 2.33. The summed E-state index contributed by atoms with van der Waals surface area (Å²) in [4.78, 5) is 0. The van der Waals surface area contributed by atoms with Gasteiger partial charge in [0, 0.05) is 19.7 Å². The van der Waals surface area contributed by atoms with Crippen LogP contribution in [0.25, 0.3) is 0 Å². The van der Waals surface area contributed by atoms with Crippen LogP contribution in [0, 0.1) is 17.8 Å². The van der Waals surface area contributed by atoms with E-state index < -0.39 is 0 Å². The third kappa shape index (κ3) is 2.67. The lowest BCUT2D eigenvalue weighted by atomic mass is 10.0. The molecule has 1 aliphatic carbocycles. The zero-order chi connectivity index (χ0) is 10.6. The number of likely N-dealkylation sites (N-methyl/N-ethyl adjacent to an activating group) is 1. The predicted molar refractivity (Wildman–Crippen MR) is 57.9 cm³/mol. The average Bonchev–Trinajstić information content (AvgIpc) is 2.96. The normalized spacial score (nSPS) is 30.0. The first-order chi connectivity index (χ1) is 6.78. The van der Waals surface area contributed by atoms with E-state index in [2.05, 4.69) is 5.32 Å². The minimum absolute atomic E-state index is 0.450. The van der Waals surface area contributed by atoms with Gasteiger partial charge in [-0.25, -0.2) is 0 Å². The molecule has 0 radical (unpaired) electrons. The molecule has 4 atom stereocenters. The zero-order valence-corrected chi connectivity index (χ0v) is 9.20. The molecule has 1 rings (SSSR count). The molecule has 5 N–H and O–H groups in total. The van der Waals surface area contributed by atoms with Crippen molar-refractivity contribution >= 4 is 0 Å². The summed E-state index contributed by atoms with van der Waals surface area (Å²) in [5.41, 5.74) is 11.4. The molecule has 0 heterocycles. The van der Waals surface area contributed by atoms with E-state index in [9.17, 15) is 0 Å². The summed E-state index contributed by atoms with van der Waals surface area (Å²) in [6.45, 7) is 2.20. The Balaban J connectivity index is 2.35. The van der Waals surface area contributed by atoms with Gasteiger partial charge >= 0.3 is 0 Å². The number of rotatable bonds is 7. The lowest BCUT2D eigenvalue weighted by molar-refractivity contribution is 0.141. The lowest BCUT2D eigenvalue weighted by Gasteiger charge is -2.17. The molecule has 0 aromatic rings. The molecule has 1 saturated carbocycles. The highest BCUT2D eigenvalue weighted by atomic mass is 16.5. The highest BCUT2D eigenvalue weighted by molar-refractivity contribution is 4.98. The van der Waals surface area contributed by atoms with E-state index in [1.165, 1.54) is 6.42 Å². The van der Waals surface area contributed by atoms with Crippen LogP contribution >= 0.6 is 0 Å². The number of nitrogens with two attached hydrogens (primary N) is 2. The molecule has 1 aliphatic rings. The molecule has 0 bridgehead atoms. The fraction of sp³-hybridized carbons (Fsp3) is 1.00. The third-order valence-corrected chi connectivity index (χ3v) is 3.32. The minimum Gasteiger partial charge on any atom is -0.384 e. The van der Waals surface area contributed by atoms with E-state index in [4.69, 9.17) is 16.2 Å². The number of hydrogen-bond acceptors (Lipinski definition) is 4. The van der Waals surface area contributed by atoms with Crippen LogP contribution in [0.5, 0.6) is 0 Å². The van der Waals surface area contributed by atoms with Crippen molar-refractivity contribution in [2.75, 3.05) is 33.9 Å². The Morgan fingerprint density at radius 3 is 2.50 bits per heavy atom. The molecule has 2 unspecified atom stereocenters. The van der Waals surface area contributed by atoms with E-state index in [-0.39, 0.29) is 0 Å². The van der Waals surface area contributed by atoms with Gasteiger partial charge in [-0.2, -0.15) is 0 Å². The van der Waals surface area contributed by atoms with Crippen molar-refractivity contribution in [3.05, 3.63) is 0 Å². The van der Waals surface area contributed by atoms with Gasteiger partial charge < -0.3 is 21.5 Å². The van der Waals surface area contributed by atoms with Crippen LogP contribution in [0.15, 0.2) is 0 Å². The van der Waals surface area contributed by atoms with Crippen molar-refractivity contribution in [2.45, 2.75) is 12.5 Å². The van der Waals surface area contributed by atoms with Crippen LogP contribution in [-0.4, -0.2) is 39.9 Å². The summed E-state index contributed by atoms with van der Waals surface area (Å²) in [6, 6.07) is 0.450. The van der Waals surface area contributed by atoms with Gasteiger partial charge in [0.1, 0.15) is 0 Å². The van der Waals surface area contributed by atoms with E-state index in [0.717, 1.165) is 13.2 Å². The number of methoxy groups -OCH3 is 1. The van der Waals surface area contributed by atoms with Gasteiger partial charge in [-0.1, -0.05) is 0 Å². The average molecular weight is 201 g/mol. The maximum atomic E-state index is 5.71. The first kappa shape index (κ1) is 11.9. The maximum absolute atomic E-state index is 5.71. The summed E-state index contributed by atoms with van der Waals surface area (Å²) in [6.07, 6.45) is 1.24. The Morgan fingerprint density at radius 1 is 1.36 bits per heavy atom. The van der Waals surface area contributed by atoms with Gasteiger partial charge in [-0.05, 0) is 37.8 Å². The van der Waals surface area contributed by atoms with Crippen LogP contribution in [0.3, 0.4) is 0 Å². The standard InChI is InChI=1S/C10H23N3O/c1-13-10(5-12)9-3-8(9)7(4-11)6-14-2/h7-10,13H,3-6,11-12H2,1-2H3/t7?,8-,9-,10?/m0/s1. The zero-order valence-electron chi connectivity index (χ0n) is 9.20. The molecular weight excluding hydrogens is 178 g/mol. The summed E-state index contributed by atoms with van der Waals surface area (Å²) in [5, 5.41) is 3.26. The van der Waals surface area contributed by atoms with E-state index in [1.54, 1.807) is 7.11 Å². The second-order valence-electron chi connectivity index (χ2n) is 4.15. The quantitative estimate of drug-likeness (QED) is 0.514. The van der Waals surface area contributed by atoms with Crippen LogP contribution < -0.4 is 16.8 Å². The molecule has 0 aliphatic heterocycles. The summed E-state index contributed by atoms with van der Waals surface area (Å²) < 4.78 is 5.16. The molecule has 0 spiro atoms. The van der Waals surface area contributed by atoms with E-state index >= 15 is 0 Å². The molecule has 0 aromatic carbocycles. The Hall–Kier alpha value is -0.160. The van der Waals surface area contributed by atoms with Crippen molar-refractivity contribution in [3.63, 3.8) is 0 Å². The van der Waals surface area contributed by atoms with Gasteiger partial charge in [0.15, 0.2) is 0 Å². The Kier molecular flexibility index (Phi) is 4.81. The smallest absolute Gasteiger partial charge is 0.0505 e. The Labute approximate surface area is 86.4 Å². The van der Waals surface area contributed by atoms with Gasteiger partial charge in [-0.15, -0.1) is 0 Å². The lowest BCUT2D eigenvalue weighted by Crippen LogP contribution is -2.37. The van der Waals surface area contributed by atoms with Crippen LogP contribution in [0.1, 0.15) is 6.42 Å². The second-order valence-corrected chi connectivity index (χ2v) is 4.15. The van der Waals surface area contributed by atoms with E-state index in [1.807, 2.05) is 7.05 Å². The summed E-state index contributed by atoms with van der Waals surface area (Å²) in [7, 11) is 3.71. The van der Waals surface area contributed by atoms with Gasteiger partial charge in [0.2, 0.25) is 0 Å². The molecule has 1 fully saturated rings. The predicted octanol–water partition coefficient (Wildman–Crippen LogP) is -0.609. The van der Waals surface area contributed by atoms with Crippen molar-refractivity contribution in [1.29, 1.82) is 0 Å². The fourth-order valence-electron chi connectivity index (χ4n) is 2.33. The van der Waals surface area contributed by atoms with Crippen molar-refractivity contribution in [2.24, 2.45) is 29.2 Å². The maximum Gasteiger partial charge on any atom is 0.0505 e. The van der Waals surface area contributed by atoms with Crippen LogP contribution in [0.4, 0.5) is 0 Å². The van der Waals surface area contributed by atoms with Crippen LogP contribution in [-0.2, 0) is 4.74 Å². The van der Waals surface area contributed by atoms with Crippen molar-refractivity contribution < 1.29 is 4.74 Å². The Morgan fingerprint density at radius 2 is 2.07 bits per heavy atom. The molecule has 4 heteroatoms. The molecule has 0 amide bonds. The monoisotopic (exact) mass is 201 g/mol. The largest absolute Gasteiger partial charge is 0.384 e. The molecule has 0 aromatic heterocycles. The molecule has 84 valence electrons. The van der Waals surface area contributed by atoms with Crippen molar-refractivity contribution in [1.82, 2.24) is 5.32 Å². The highest BCUT2D eigenvalue weighted by Crippen LogP contribution is 2.46. The second kappa shape index (κ2) is 5.66. The molecular formula is C10H23N3O. The number of ether oxygens (including phenoxy) is 1. The summed E-state index contributed by atoms with van der Waals surface area (Å²) >= 11 is 0. The number of nitrogens with one attached hydrogen (secondary N) is 1. The minimum atomic E-state index is 0.450. The molecule has 0 saturated heterocycles. The van der Waals surface area contributed by atoms with Gasteiger partial charge in [0.25, 0.3) is 0 Å². The SMILES string of the molecule is CNC(CN)[C@H]1C[C@H]1C(CN)COC. The highest BCUT2D eigenvalue weighted by Gasteiger charge is 2.45. The van der Waals surface area contributed by atoms with Crippen molar-refractivity contribution in [3.8, 4) is 0 Å².